The van der Waals surface area contributed by atoms with E-state index in [2.05, 4.69) is 4.90 Å². The van der Waals surface area contributed by atoms with Crippen LogP contribution in [0.4, 0.5) is 4.39 Å². The molecule has 1 aliphatic rings. The molecule has 0 saturated carbocycles. The van der Waals surface area contributed by atoms with Crippen molar-refractivity contribution in [1.82, 2.24) is 9.80 Å². The smallest absolute Gasteiger partial charge is 0.227 e. The fourth-order valence-corrected chi connectivity index (χ4v) is 4.07. The summed E-state index contributed by atoms with van der Waals surface area (Å²) >= 11 is 12.0. The standard InChI is InChI=1S/C22H25Cl2FN2O2/c23-19-7-6-16(12-20(19)24)13-22(29)27(11-9-25)21(17-4-2-1-3-5-17)15-26-10-8-18(28)14-26/h1-7,12,18,21,28H,8-11,13-15H2. The Morgan fingerprint density at radius 1 is 1.21 bits per heavy atom. The minimum absolute atomic E-state index is 0.0100. The number of hydrogen-bond acceptors (Lipinski definition) is 3. The van der Waals surface area contributed by atoms with Crippen LogP contribution in [0.3, 0.4) is 0 Å². The van der Waals surface area contributed by atoms with Crippen LogP contribution in [-0.4, -0.2) is 59.8 Å². The zero-order chi connectivity index (χ0) is 20.8. The first-order chi connectivity index (χ1) is 14.0. The van der Waals surface area contributed by atoms with Crippen molar-refractivity contribution in [2.24, 2.45) is 0 Å². The number of nitrogens with zero attached hydrogens (tertiary/aromatic N) is 2. The number of aliphatic hydroxyl groups excluding tert-OH is 1. The zero-order valence-corrected chi connectivity index (χ0v) is 17.6. The predicted molar refractivity (Wildman–Crippen MR) is 114 cm³/mol. The predicted octanol–water partition coefficient (Wildman–Crippen LogP) is 4.14. The third kappa shape index (κ3) is 5.92. The Balaban J connectivity index is 1.83. The number of amides is 1. The van der Waals surface area contributed by atoms with Crippen LogP contribution < -0.4 is 0 Å². The molecular weight excluding hydrogens is 414 g/mol. The van der Waals surface area contributed by atoms with E-state index in [4.69, 9.17) is 23.2 Å². The van der Waals surface area contributed by atoms with Crippen LogP contribution in [0.2, 0.25) is 10.0 Å². The van der Waals surface area contributed by atoms with E-state index in [-0.39, 0.29) is 31.0 Å². The molecule has 0 aromatic heterocycles. The average molecular weight is 439 g/mol. The Morgan fingerprint density at radius 3 is 2.59 bits per heavy atom. The van der Waals surface area contributed by atoms with Crippen molar-refractivity contribution in [3.05, 3.63) is 69.7 Å². The van der Waals surface area contributed by atoms with E-state index >= 15 is 0 Å². The molecular formula is C22H25Cl2FN2O2. The highest BCUT2D eigenvalue weighted by Crippen LogP contribution is 2.27. The van der Waals surface area contributed by atoms with Gasteiger partial charge in [-0.05, 0) is 29.7 Å². The topological polar surface area (TPSA) is 43.8 Å². The van der Waals surface area contributed by atoms with Gasteiger partial charge in [-0.2, -0.15) is 0 Å². The molecule has 1 amide bonds. The van der Waals surface area contributed by atoms with Gasteiger partial charge in [-0.1, -0.05) is 59.6 Å². The summed E-state index contributed by atoms with van der Waals surface area (Å²) < 4.78 is 13.4. The number of benzene rings is 2. The van der Waals surface area contributed by atoms with E-state index in [0.717, 1.165) is 17.7 Å². The Kier molecular flexibility index (Phi) is 7.90. The third-order valence-corrected chi connectivity index (χ3v) is 5.96. The van der Waals surface area contributed by atoms with Crippen LogP contribution in [0, 0.1) is 0 Å². The largest absolute Gasteiger partial charge is 0.392 e. The van der Waals surface area contributed by atoms with Gasteiger partial charge in [0, 0.05) is 26.2 Å². The van der Waals surface area contributed by atoms with Gasteiger partial charge in [0.1, 0.15) is 6.67 Å². The van der Waals surface area contributed by atoms with Crippen LogP contribution in [0.1, 0.15) is 23.6 Å². The summed E-state index contributed by atoms with van der Waals surface area (Å²) in [5.41, 5.74) is 1.68. The molecule has 3 rings (SSSR count). The van der Waals surface area contributed by atoms with Crippen molar-refractivity contribution in [2.45, 2.75) is 25.0 Å². The third-order valence-electron chi connectivity index (χ3n) is 5.22. The SMILES string of the molecule is O=C(Cc1ccc(Cl)c(Cl)c1)N(CCF)C(CN1CCC(O)C1)c1ccccc1. The molecule has 7 heteroatoms. The molecule has 0 radical (unpaired) electrons. The number of alkyl halides is 1. The van der Waals surface area contributed by atoms with Gasteiger partial charge in [0.15, 0.2) is 0 Å². The lowest BCUT2D eigenvalue weighted by Crippen LogP contribution is -2.43. The average Bonchev–Trinajstić information content (AvgIpc) is 3.13. The second-order valence-corrected chi connectivity index (χ2v) is 8.14. The number of hydrogen-bond donors (Lipinski definition) is 1. The number of rotatable bonds is 8. The van der Waals surface area contributed by atoms with Crippen LogP contribution in [-0.2, 0) is 11.2 Å². The van der Waals surface area contributed by atoms with Gasteiger partial charge in [-0.3, -0.25) is 9.69 Å². The van der Waals surface area contributed by atoms with Gasteiger partial charge in [-0.25, -0.2) is 4.39 Å². The van der Waals surface area contributed by atoms with Gasteiger partial charge < -0.3 is 10.0 Å². The van der Waals surface area contributed by atoms with Gasteiger partial charge >= 0.3 is 0 Å². The first kappa shape index (κ1) is 22.0. The number of likely N-dealkylation sites (tertiary alicyclic amines) is 1. The lowest BCUT2D eigenvalue weighted by molar-refractivity contribution is -0.133. The van der Waals surface area contributed by atoms with E-state index in [1.54, 1.807) is 23.1 Å². The number of carbonyl (C=O) groups excluding carboxylic acids is 1. The van der Waals surface area contributed by atoms with Gasteiger partial charge in [0.2, 0.25) is 5.91 Å². The molecule has 156 valence electrons. The lowest BCUT2D eigenvalue weighted by atomic mass is 10.0. The van der Waals surface area contributed by atoms with Crippen molar-refractivity contribution in [1.29, 1.82) is 0 Å². The summed E-state index contributed by atoms with van der Waals surface area (Å²) in [6, 6.07) is 14.4. The van der Waals surface area contributed by atoms with Crippen LogP contribution >= 0.6 is 23.2 Å². The molecule has 0 aliphatic carbocycles. The molecule has 1 fully saturated rings. The monoisotopic (exact) mass is 438 g/mol. The van der Waals surface area contributed by atoms with E-state index in [1.165, 1.54) is 0 Å². The molecule has 2 atom stereocenters. The molecule has 2 aromatic carbocycles. The molecule has 0 spiro atoms. The molecule has 2 unspecified atom stereocenters. The molecule has 4 nitrogen and oxygen atoms in total. The second-order valence-electron chi connectivity index (χ2n) is 7.33. The summed E-state index contributed by atoms with van der Waals surface area (Å²) in [6.07, 6.45) is 0.470. The fraction of sp³-hybridized carbons (Fsp3) is 0.409. The minimum atomic E-state index is -0.626. The van der Waals surface area contributed by atoms with E-state index in [0.29, 0.717) is 29.6 Å². The van der Waals surface area contributed by atoms with Crippen molar-refractivity contribution in [3.8, 4) is 0 Å². The molecule has 2 aromatic rings. The summed E-state index contributed by atoms with van der Waals surface area (Å²) in [7, 11) is 0. The maximum atomic E-state index is 13.4. The first-order valence-corrected chi connectivity index (χ1v) is 10.5. The maximum Gasteiger partial charge on any atom is 0.227 e. The Hall–Kier alpha value is -1.66. The molecule has 1 N–H and O–H groups in total. The van der Waals surface area contributed by atoms with Crippen molar-refractivity contribution < 1.29 is 14.3 Å². The van der Waals surface area contributed by atoms with Crippen LogP contribution in [0.25, 0.3) is 0 Å². The highest BCUT2D eigenvalue weighted by molar-refractivity contribution is 6.42. The summed E-state index contributed by atoms with van der Waals surface area (Å²) in [6.45, 7) is 1.26. The highest BCUT2D eigenvalue weighted by Gasteiger charge is 2.30. The quantitative estimate of drug-likeness (QED) is 0.673. The van der Waals surface area contributed by atoms with E-state index in [1.807, 2.05) is 30.3 Å². The van der Waals surface area contributed by atoms with E-state index < -0.39 is 6.67 Å². The normalized spacial score (nSPS) is 18.0. The molecule has 29 heavy (non-hydrogen) atoms. The fourth-order valence-electron chi connectivity index (χ4n) is 3.75. The second kappa shape index (κ2) is 10.4. The van der Waals surface area contributed by atoms with Gasteiger partial charge in [0.05, 0.1) is 28.6 Å². The van der Waals surface area contributed by atoms with Crippen LogP contribution in [0.15, 0.2) is 48.5 Å². The molecule has 1 aliphatic heterocycles. The zero-order valence-electron chi connectivity index (χ0n) is 16.1. The number of β-amino-alcohol motifs (C(OH)–C–C–N with tert-alkyl or cyclic N) is 1. The molecule has 0 bridgehead atoms. The number of carbonyl (C=O) groups is 1. The summed E-state index contributed by atoms with van der Waals surface area (Å²) in [5.74, 6) is -0.172. The molecule has 1 heterocycles. The Labute approximate surface area is 180 Å². The van der Waals surface area contributed by atoms with Gasteiger partial charge in [0.25, 0.3) is 0 Å². The van der Waals surface area contributed by atoms with Crippen molar-refractivity contribution >= 4 is 29.1 Å². The minimum Gasteiger partial charge on any atom is -0.392 e. The summed E-state index contributed by atoms with van der Waals surface area (Å²) in [5, 5.41) is 10.7. The Bertz CT molecular complexity index is 822. The van der Waals surface area contributed by atoms with Crippen molar-refractivity contribution in [3.63, 3.8) is 0 Å². The van der Waals surface area contributed by atoms with E-state index in [9.17, 15) is 14.3 Å². The Morgan fingerprint density at radius 2 is 1.97 bits per heavy atom. The number of aliphatic hydroxyl groups is 1. The first-order valence-electron chi connectivity index (χ1n) is 9.72. The van der Waals surface area contributed by atoms with Crippen LogP contribution in [0.5, 0.6) is 0 Å². The number of halogens is 3. The van der Waals surface area contributed by atoms with Crippen molar-refractivity contribution in [2.75, 3.05) is 32.9 Å². The molecule has 1 saturated heterocycles. The maximum absolute atomic E-state index is 13.4. The van der Waals surface area contributed by atoms with Gasteiger partial charge in [-0.15, -0.1) is 0 Å². The lowest BCUT2D eigenvalue weighted by Gasteiger charge is -2.34. The highest BCUT2D eigenvalue weighted by atomic mass is 35.5. The summed E-state index contributed by atoms with van der Waals surface area (Å²) in [4.78, 5) is 16.9.